The van der Waals surface area contributed by atoms with Gasteiger partial charge in [-0.25, -0.2) is 8.42 Å². The smallest absolute Gasteiger partial charge is 0.244 e. The lowest BCUT2D eigenvalue weighted by atomic mass is 10.1. The number of aromatic nitrogens is 1. The number of hydrogen-bond donors (Lipinski definition) is 1. The largest absolute Gasteiger partial charge is 0.324 e. The zero-order chi connectivity index (χ0) is 21.9. The Bertz CT molecular complexity index is 1200. The predicted octanol–water partition coefficient (Wildman–Crippen LogP) is 4.89. The molecular weight excluding hydrogens is 445 g/mol. The fraction of sp³-hybridized carbons (Fsp3) is 0.238. The molecule has 0 aliphatic rings. The van der Waals surface area contributed by atoms with Crippen molar-refractivity contribution in [1.82, 2.24) is 9.29 Å². The predicted molar refractivity (Wildman–Crippen MR) is 121 cm³/mol. The van der Waals surface area contributed by atoms with Crippen LogP contribution in [0.3, 0.4) is 0 Å². The first-order chi connectivity index (χ1) is 14.2. The van der Waals surface area contributed by atoms with Crippen LogP contribution < -0.4 is 5.32 Å². The highest BCUT2D eigenvalue weighted by Crippen LogP contribution is 2.28. The number of carbonyl (C=O) groups excluding carboxylic acids is 1. The minimum atomic E-state index is -3.94. The summed E-state index contributed by atoms with van der Waals surface area (Å²) < 4.78 is 28.0. The molecule has 0 atom stereocenters. The van der Waals surface area contributed by atoms with E-state index in [-0.39, 0.29) is 18.0 Å². The molecule has 0 unspecified atom stereocenters. The van der Waals surface area contributed by atoms with Crippen LogP contribution >= 0.6 is 23.2 Å². The Hall–Kier alpha value is -2.19. The molecule has 3 rings (SSSR count). The van der Waals surface area contributed by atoms with Gasteiger partial charge >= 0.3 is 0 Å². The summed E-state index contributed by atoms with van der Waals surface area (Å²) in [5, 5.41) is 3.88. The van der Waals surface area contributed by atoms with Gasteiger partial charge in [0.15, 0.2) is 0 Å². The number of fused-ring (bicyclic) bond motifs is 1. The van der Waals surface area contributed by atoms with Crippen molar-refractivity contribution in [1.29, 1.82) is 0 Å². The van der Waals surface area contributed by atoms with Gasteiger partial charge in [-0.15, -0.1) is 0 Å². The highest BCUT2D eigenvalue weighted by molar-refractivity contribution is 7.89. The van der Waals surface area contributed by atoms with Gasteiger partial charge in [-0.05, 0) is 55.3 Å². The monoisotopic (exact) mass is 465 g/mol. The van der Waals surface area contributed by atoms with Crippen LogP contribution in [0.5, 0.6) is 0 Å². The van der Waals surface area contributed by atoms with Crippen LogP contribution in [-0.2, 0) is 14.8 Å². The molecule has 0 aliphatic heterocycles. The van der Waals surface area contributed by atoms with Crippen LogP contribution in [-0.4, -0.2) is 36.7 Å². The number of nitrogens with zero attached hydrogens (tertiary/aromatic N) is 2. The van der Waals surface area contributed by atoms with E-state index >= 15 is 0 Å². The third-order valence-electron chi connectivity index (χ3n) is 4.54. The Morgan fingerprint density at radius 3 is 2.67 bits per heavy atom. The maximum atomic E-state index is 13.4. The lowest BCUT2D eigenvalue weighted by Gasteiger charge is -2.22. The molecule has 0 radical (unpaired) electrons. The zero-order valence-corrected chi connectivity index (χ0v) is 18.9. The summed E-state index contributed by atoms with van der Waals surface area (Å²) in [6.45, 7) is 3.56. The van der Waals surface area contributed by atoms with Crippen LogP contribution in [0, 0.1) is 6.92 Å². The highest BCUT2D eigenvalue weighted by Gasteiger charge is 2.28. The van der Waals surface area contributed by atoms with E-state index in [9.17, 15) is 13.2 Å². The number of anilines is 1. The van der Waals surface area contributed by atoms with Gasteiger partial charge in [0.25, 0.3) is 0 Å². The van der Waals surface area contributed by atoms with E-state index in [1.54, 1.807) is 42.6 Å². The summed E-state index contributed by atoms with van der Waals surface area (Å²) in [6.07, 6.45) is 2.17. The van der Waals surface area contributed by atoms with Gasteiger partial charge < -0.3 is 5.32 Å². The number of nitrogens with one attached hydrogen (secondary N) is 1. The lowest BCUT2D eigenvalue weighted by molar-refractivity contribution is -0.116. The quantitative estimate of drug-likeness (QED) is 0.538. The summed E-state index contributed by atoms with van der Waals surface area (Å²) >= 11 is 12.0. The molecule has 2 aromatic carbocycles. The number of pyridine rings is 1. The molecule has 0 saturated carbocycles. The average Bonchev–Trinajstić information content (AvgIpc) is 2.70. The zero-order valence-electron chi connectivity index (χ0n) is 16.5. The minimum absolute atomic E-state index is 0.123. The second-order valence-corrected chi connectivity index (χ2v) is 9.54. The SMILES string of the molecule is CCCN(CC(=O)Nc1cc(Cl)ccc1Cl)S(=O)(=O)c1ccc(C)c2ncccc12. The van der Waals surface area contributed by atoms with Crippen molar-refractivity contribution in [2.75, 3.05) is 18.4 Å². The lowest BCUT2D eigenvalue weighted by Crippen LogP contribution is -2.38. The molecule has 9 heteroatoms. The summed E-state index contributed by atoms with van der Waals surface area (Å²) in [5.74, 6) is -0.509. The number of carbonyl (C=O) groups is 1. The molecule has 1 N–H and O–H groups in total. The third-order valence-corrected chi connectivity index (χ3v) is 7.01. The molecule has 0 fully saturated rings. The van der Waals surface area contributed by atoms with E-state index in [0.29, 0.717) is 33.1 Å². The first kappa shape index (κ1) is 22.5. The van der Waals surface area contributed by atoms with E-state index in [4.69, 9.17) is 23.2 Å². The van der Waals surface area contributed by atoms with Crippen molar-refractivity contribution in [2.24, 2.45) is 0 Å². The molecule has 3 aromatic rings. The van der Waals surface area contributed by atoms with Crippen LogP contribution in [0.4, 0.5) is 5.69 Å². The van der Waals surface area contributed by atoms with Crippen LogP contribution in [0.15, 0.2) is 53.6 Å². The van der Waals surface area contributed by atoms with Gasteiger partial charge in [-0.3, -0.25) is 9.78 Å². The van der Waals surface area contributed by atoms with E-state index in [0.717, 1.165) is 9.87 Å². The van der Waals surface area contributed by atoms with Gasteiger partial charge in [0.1, 0.15) is 0 Å². The maximum Gasteiger partial charge on any atom is 0.244 e. The number of aryl methyl sites for hydroxylation is 1. The van der Waals surface area contributed by atoms with Gasteiger partial charge in [-0.1, -0.05) is 36.2 Å². The first-order valence-electron chi connectivity index (χ1n) is 9.33. The van der Waals surface area contributed by atoms with Gasteiger partial charge in [0.05, 0.1) is 27.7 Å². The van der Waals surface area contributed by atoms with E-state index in [1.165, 1.54) is 6.07 Å². The van der Waals surface area contributed by atoms with Crippen LogP contribution in [0.1, 0.15) is 18.9 Å². The molecule has 158 valence electrons. The molecule has 0 bridgehead atoms. The number of hydrogen-bond acceptors (Lipinski definition) is 4. The normalized spacial score (nSPS) is 11.8. The van der Waals surface area contributed by atoms with Gasteiger partial charge in [0.2, 0.25) is 15.9 Å². The topological polar surface area (TPSA) is 79.4 Å². The number of rotatable bonds is 7. The molecule has 1 heterocycles. The minimum Gasteiger partial charge on any atom is -0.324 e. The summed E-state index contributed by atoms with van der Waals surface area (Å²) in [6, 6.07) is 11.4. The molecule has 0 aliphatic carbocycles. The fourth-order valence-corrected chi connectivity index (χ4v) is 5.14. The molecule has 0 saturated heterocycles. The number of benzene rings is 2. The van der Waals surface area contributed by atoms with Gasteiger partial charge in [0, 0.05) is 23.2 Å². The summed E-state index contributed by atoms with van der Waals surface area (Å²) in [7, 11) is -3.94. The van der Waals surface area contributed by atoms with Crippen molar-refractivity contribution in [3.63, 3.8) is 0 Å². The van der Waals surface area contributed by atoms with E-state index in [1.807, 2.05) is 13.8 Å². The standard InChI is InChI=1S/C21H21Cl2N3O3S/c1-3-11-26(13-20(27)25-18-12-15(22)7-8-17(18)23)30(28,29)19-9-6-14(2)21-16(19)5-4-10-24-21/h4-10,12H,3,11,13H2,1-2H3,(H,25,27). The van der Waals surface area contributed by atoms with Crippen molar-refractivity contribution in [3.05, 3.63) is 64.3 Å². The van der Waals surface area contributed by atoms with Crippen molar-refractivity contribution < 1.29 is 13.2 Å². The van der Waals surface area contributed by atoms with Crippen molar-refractivity contribution in [2.45, 2.75) is 25.2 Å². The van der Waals surface area contributed by atoms with Gasteiger partial charge in [-0.2, -0.15) is 4.31 Å². The molecular formula is C21H21Cl2N3O3S. The third kappa shape index (κ3) is 4.75. The van der Waals surface area contributed by atoms with E-state index < -0.39 is 15.9 Å². The summed E-state index contributed by atoms with van der Waals surface area (Å²) in [4.78, 5) is 17.1. The Labute approximate surface area is 185 Å². The Kier molecular flexibility index (Phi) is 6.98. The fourth-order valence-electron chi connectivity index (χ4n) is 3.13. The molecule has 6 nitrogen and oxygen atoms in total. The Balaban J connectivity index is 1.93. The Morgan fingerprint density at radius 2 is 1.93 bits per heavy atom. The first-order valence-corrected chi connectivity index (χ1v) is 11.5. The number of halogens is 2. The van der Waals surface area contributed by atoms with Crippen LogP contribution in [0.2, 0.25) is 10.0 Å². The van der Waals surface area contributed by atoms with Crippen LogP contribution in [0.25, 0.3) is 10.9 Å². The molecule has 1 aromatic heterocycles. The second-order valence-electron chi connectivity index (χ2n) is 6.79. The summed E-state index contributed by atoms with van der Waals surface area (Å²) in [5.41, 5.74) is 1.82. The maximum absolute atomic E-state index is 13.4. The van der Waals surface area contributed by atoms with E-state index in [2.05, 4.69) is 10.3 Å². The molecule has 1 amide bonds. The average molecular weight is 466 g/mol. The number of amides is 1. The molecule has 0 spiro atoms. The highest BCUT2D eigenvalue weighted by atomic mass is 35.5. The molecule has 30 heavy (non-hydrogen) atoms. The second kappa shape index (κ2) is 9.31. The number of sulfonamides is 1. The Morgan fingerprint density at radius 1 is 1.17 bits per heavy atom. The van der Waals surface area contributed by atoms with Crippen molar-refractivity contribution >= 4 is 55.7 Å². The van der Waals surface area contributed by atoms with Crippen molar-refractivity contribution in [3.8, 4) is 0 Å².